The lowest BCUT2D eigenvalue weighted by atomic mass is 10.2. The molecule has 1 aromatic rings. The van der Waals surface area contributed by atoms with Crippen LogP contribution in [0.25, 0.3) is 0 Å². The molecule has 1 rings (SSSR count). The third-order valence-corrected chi connectivity index (χ3v) is 2.56. The molecule has 0 bridgehead atoms. The first-order valence-corrected chi connectivity index (χ1v) is 5.71. The van der Waals surface area contributed by atoms with Crippen LogP contribution in [-0.4, -0.2) is 30.0 Å². The number of nitrogens with zero attached hydrogens (tertiary/aromatic N) is 3. The highest BCUT2D eigenvalue weighted by Gasteiger charge is 2.17. The Balaban J connectivity index is 3.20. The Morgan fingerprint density at radius 1 is 1.33 bits per heavy atom. The van der Waals surface area contributed by atoms with Gasteiger partial charge in [-0.15, -0.1) is 0 Å². The molecule has 18 heavy (non-hydrogen) atoms. The molecule has 0 aliphatic rings. The predicted octanol–water partition coefficient (Wildman–Crippen LogP) is 1.90. The van der Waals surface area contributed by atoms with Crippen molar-refractivity contribution in [1.29, 1.82) is 0 Å². The minimum atomic E-state index is -2.42. The van der Waals surface area contributed by atoms with Crippen LogP contribution in [0.5, 0.6) is 0 Å². The molecule has 1 heterocycles. The second-order valence-corrected chi connectivity index (χ2v) is 4.45. The summed E-state index contributed by atoms with van der Waals surface area (Å²) in [4.78, 5) is 9.98. The lowest BCUT2D eigenvalue weighted by Gasteiger charge is -2.22. The van der Waals surface area contributed by atoms with E-state index in [2.05, 4.69) is 15.4 Å². The molecule has 0 saturated heterocycles. The molecule has 5 nitrogen and oxygen atoms in total. The maximum Gasteiger partial charge on any atom is 0.255 e. The number of nitrogens with two attached hydrogens (primary N) is 1. The molecule has 1 aromatic heterocycles. The molecule has 0 unspecified atom stereocenters. The second kappa shape index (κ2) is 5.90. The summed E-state index contributed by atoms with van der Waals surface area (Å²) >= 11 is 0. The molecular formula is C11H19F2N5. The number of aromatic nitrogens is 2. The minimum Gasteiger partial charge on any atom is -0.354 e. The Kier molecular flexibility index (Phi) is 4.77. The summed E-state index contributed by atoms with van der Waals surface area (Å²) in [5.41, 5.74) is 3.13. The van der Waals surface area contributed by atoms with Crippen LogP contribution in [-0.2, 0) is 0 Å². The number of alkyl halides is 2. The van der Waals surface area contributed by atoms with Crippen LogP contribution < -0.4 is 16.2 Å². The van der Waals surface area contributed by atoms with Gasteiger partial charge >= 0.3 is 0 Å². The highest BCUT2D eigenvalue weighted by Crippen LogP contribution is 2.25. The van der Waals surface area contributed by atoms with E-state index in [1.54, 1.807) is 14.0 Å². The summed E-state index contributed by atoms with van der Waals surface area (Å²) in [5.74, 6) is 6.99. The van der Waals surface area contributed by atoms with Crippen molar-refractivity contribution in [2.75, 3.05) is 23.9 Å². The monoisotopic (exact) mass is 259 g/mol. The lowest BCUT2D eigenvalue weighted by molar-refractivity contribution is 0.156. The van der Waals surface area contributed by atoms with Crippen LogP contribution in [0.1, 0.15) is 31.2 Å². The number of anilines is 2. The molecule has 0 aromatic carbocycles. The summed E-state index contributed by atoms with van der Waals surface area (Å²) in [7, 11) is 1.58. The number of hydrogen-bond acceptors (Lipinski definition) is 5. The maximum atomic E-state index is 12.4. The average Bonchev–Trinajstić information content (AvgIpc) is 2.27. The van der Waals surface area contributed by atoms with Crippen LogP contribution in [0, 0.1) is 6.92 Å². The fourth-order valence-corrected chi connectivity index (χ4v) is 1.59. The predicted molar refractivity (Wildman–Crippen MR) is 67.9 cm³/mol. The summed E-state index contributed by atoms with van der Waals surface area (Å²) in [6.45, 7) is 5.24. The smallest absolute Gasteiger partial charge is 0.255 e. The van der Waals surface area contributed by atoms with Gasteiger partial charge in [0.2, 0.25) is 0 Å². The van der Waals surface area contributed by atoms with E-state index < -0.39 is 6.43 Å². The molecule has 0 aliphatic heterocycles. The normalized spacial score (nSPS) is 11.2. The van der Waals surface area contributed by atoms with E-state index in [9.17, 15) is 8.78 Å². The fraction of sp³-hybridized carbons (Fsp3) is 0.636. The Labute approximate surface area is 105 Å². The Morgan fingerprint density at radius 3 is 2.39 bits per heavy atom. The van der Waals surface area contributed by atoms with Crippen molar-refractivity contribution in [3.05, 3.63) is 11.4 Å². The van der Waals surface area contributed by atoms with E-state index in [1.165, 1.54) is 4.90 Å². The van der Waals surface area contributed by atoms with Gasteiger partial charge in [-0.05, 0) is 6.92 Å². The number of rotatable bonds is 5. The van der Waals surface area contributed by atoms with Gasteiger partial charge in [0.25, 0.3) is 6.43 Å². The van der Waals surface area contributed by atoms with E-state index in [0.29, 0.717) is 23.0 Å². The quantitative estimate of drug-likeness (QED) is 0.624. The third kappa shape index (κ3) is 3.25. The van der Waals surface area contributed by atoms with Crippen LogP contribution in [0.15, 0.2) is 0 Å². The Hall–Kier alpha value is -1.50. The van der Waals surface area contributed by atoms with E-state index >= 15 is 0 Å². The van der Waals surface area contributed by atoms with Crippen molar-refractivity contribution >= 4 is 11.6 Å². The van der Waals surface area contributed by atoms with Crippen LogP contribution in [0.2, 0.25) is 0 Å². The zero-order valence-corrected chi connectivity index (χ0v) is 11.0. The SMILES string of the molecule is Cc1c(NN)nc(C(C)C)nc1N(C)CC(F)F. The number of nitrogens with one attached hydrogen (secondary N) is 1. The fourth-order valence-electron chi connectivity index (χ4n) is 1.59. The van der Waals surface area contributed by atoms with Gasteiger partial charge in [-0.2, -0.15) is 0 Å². The first-order valence-electron chi connectivity index (χ1n) is 5.71. The van der Waals surface area contributed by atoms with Gasteiger partial charge < -0.3 is 10.3 Å². The molecule has 102 valence electrons. The van der Waals surface area contributed by atoms with Crippen molar-refractivity contribution in [3.8, 4) is 0 Å². The largest absolute Gasteiger partial charge is 0.354 e. The van der Waals surface area contributed by atoms with E-state index in [0.717, 1.165) is 0 Å². The number of hydrazine groups is 1. The lowest BCUT2D eigenvalue weighted by Crippen LogP contribution is -2.27. The summed E-state index contributed by atoms with van der Waals surface area (Å²) < 4.78 is 24.8. The Morgan fingerprint density at radius 2 is 1.94 bits per heavy atom. The second-order valence-electron chi connectivity index (χ2n) is 4.45. The van der Waals surface area contributed by atoms with Gasteiger partial charge in [0.1, 0.15) is 17.5 Å². The molecule has 0 saturated carbocycles. The van der Waals surface area contributed by atoms with Gasteiger partial charge in [-0.3, -0.25) is 0 Å². The molecular weight excluding hydrogens is 240 g/mol. The molecule has 7 heteroatoms. The maximum absolute atomic E-state index is 12.4. The molecule has 0 radical (unpaired) electrons. The summed E-state index contributed by atoms with van der Waals surface area (Å²) in [6.07, 6.45) is -2.42. The van der Waals surface area contributed by atoms with Crippen LogP contribution in [0.3, 0.4) is 0 Å². The van der Waals surface area contributed by atoms with Crippen molar-refractivity contribution in [2.45, 2.75) is 33.1 Å². The van der Waals surface area contributed by atoms with Crippen molar-refractivity contribution in [2.24, 2.45) is 5.84 Å². The third-order valence-electron chi connectivity index (χ3n) is 2.56. The van der Waals surface area contributed by atoms with Gasteiger partial charge in [-0.25, -0.2) is 24.6 Å². The van der Waals surface area contributed by atoms with Crippen LogP contribution >= 0.6 is 0 Å². The Bertz CT molecular complexity index is 409. The van der Waals surface area contributed by atoms with Gasteiger partial charge in [0.05, 0.1) is 6.54 Å². The first-order chi connectivity index (χ1) is 8.36. The van der Waals surface area contributed by atoms with Gasteiger partial charge in [-0.1, -0.05) is 13.8 Å². The van der Waals surface area contributed by atoms with Gasteiger partial charge in [0, 0.05) is 18.5 Å². The minimum absolute atomic E-state index is 0.0939. The van der Waals surface area contributed by atoms with Crippen molar-refractivity contribution in [1.82, 2.24) is 9.97 Å². The van der Waals surface area contributed by atoms with Crippen LogP contribution in [0.4, 0.5) is 20.4 Å². The summed E-state index contributed by atoms with van der Waals surface area (Å²) in [6, 6.07) is 0. The van der Waals surface area contributed by atoms with E-state index in [1.807, 2.05) is 13.8 Å². The molecule has 0 fully saturated rings. The summed E-state index contributed by atoms with van der Waals surface area (Å²) in [5, 5.41) is 0. The number of hydrogen-bond donors (Lipinski definition) is 2. The highest BCUT2D eigenvalue weighted by atomic mass is 19.3. The molecule has 0 aliphatic carbocycles. The standard InChI is InChI=1S/C11H19F2N5/c1-6(2)9-15-10(17-14)7(3)11(16-9)18(4)5-8(12)13/h6,8H,5,14H2,1-4H3,(H,15,16,17). The van der Waals surface area contributed by atoms with E-state index in [-0.39, 0.29) is 12.5 Å². The van der Waals surface area contributed by atoms with Gasteiger partial charge in [0.15, 0.2) is 0 Å². The average molecular weight is 259 g/mol. The molecule has 0 spiro atoms. The highest BCUT2D eigenvalue weighted by molar-refractivity contribution is 5.58. The number of nitrogen functional groups attached to an aromatic ring is 1. The van der Waals surface area contributed by atoms with E-state index in [4.69, 9.17) is 5.84 Å². The molecule has 0 atom stereocenters. The number of halogens is 2. The molecule has 0 amide bonds. The first kappa shape index (κ1) is 14.6. The van der Waals surface area contributed by atoms with Crippen molar-refractivity contribution < 1.29 is 8.78 Å². The zero-order chi connectivity index (χ0) is 13.9. The zero-order valence-electron chi connectivity index (χ0n) is 11.0. The topological polar surface area (TPSA) is 67.1 Å². The van der Waals surface area contributed by atoms with Crippen molar-refractivity contribution in [3.63, 3.8) is 0 Å². The molecule has 3 N–H and O–H groups in total.